The van der Waals surface area contributed by atoms with Crippen LogP contribution in [0.5, 0.6) is 0 Å². The molecule has 6 N–H and O–H groups in total. The van der Waals surface area contributed by atoms with Gasteiger partial charge in [0.05, 0.1) is 35.7 Å². The second kappa shape index (κ2) is 31.1. The quantitative estimate of drug-likeness (QED) is 0.0269. The molecule has 446 valence electrons. The molecule has 2 fully saturated rings. The van der Waals surface area contributed by atoms with Crippen molar-refractivity contribution < 1.29 is 62.4 Å². The van der Waals surface area contributed by atoms with E-state index in [1.54, 1.807) is 50.4 Å². The number of carbonyl (C=O) groups excluding carboxylic acids is 8. The first kappa shape index (κ1) is 66.8. The molecule has 3 heterocycles. The molecule has 2 aromatic carbocycles. The first-order valence-corrected chi connectivity index (χ1v) is 30.6. The zero-order valence-corrected chi connectivity index (χ0v) is 51.8. The molecule has 3 aliphatic heterocycles. The number of fused-ring (bicyclic) bond motifs is 5. The van der Waals surface area contributed by atoms with Gasteiger partial charge < -0.3 is 45.3 Å². The summed E-state index contributed by atoms with van der Waals surface area (Å²) in [6, 6.07) is 8.56. The molecule has 3 aliphatic rings. The topological polar surface area (TPSA) is 262 Å². The molecular formula is C60H82Br2ClN5O13. The number of nitrogens with two attached hydrogens (primary N) is 1. The maximum atomic E-state index is 14.4. The number of ketones is 3. The van der Waals surface area contributed by atoms with E-state index in [0.29, 0.717) is 64.7 Å². The van der Waals surface area contributed by atoms with Crippen molar-refractivity contribution in [2.24, 2.45) is 29.4 Å². The lowest BCUT2D eigenvalue weighted by Gasteiger charge is -2.41. The number of aliphatic hydroxyl groups is 1. The van der Waals surface area contributed by atoms with Gasteiger partial charge in [0, 0.05) is 86.9 Å². The number of epoxide rings is 1. The maximum Gasteiger partial charge on any atom is 0.412 e. The summed E-state index contributed by atoms with van der Waals surface area (Å²) < 4.78 is 24.0. The second-order valence-electron chi connectivity index (χ2n) is 22.6. The van der Waals surface area contributed by atoms with Crippen LogP contribution in [0, 0.1) is 30.6 Å². The SMILES string of the molecule is CO[C@@H]1/C=C/C=C(\C)Cc2cc(C)c(Cl)c(c2)N(C)C(=O)C[C@H](OC(=O)Nc2ccc(CC(=O)[C@H](CCCNC(N)=O)NC(=O)[C@@H](CC(=O)CCCCCCC(=O)C(CBr)CBr)C(C)C)cc2)[C@]2(C)O[C@H]2[C@H](C)[C@@H]2C[C@@]1(O)CC(=O)O2. The van der Waals surface area contributed by atoms with Crippen LogP contribution in [0.2, 0.25) is 5.02 Å². The standard InChI is InChI=1S/C60H82Br2ClN5O13/c1-35(2)44(29-43(69)16-11-9-10-12-18-47(70)41(33-61)34-62)56(74)67-45(17-14-24-65-57(64)75)48(71)28-39-20-22-42(23-21-39)66-58(76)80-51-30-52(72)68(7)46-27-40(26-37(4)54(46)63)25-36(3)15-13-19-50(78-8)60(77)31-49(79-53(73)32-60)38(5)55-59(51,6)81-55/h13,15,19-23,26-27,35,38,41,44-45,49-51,55,77H,9-12,14,16-18,24-25,28-34H2,1-8H3,(H,66,76)(H,67,74)(H3,64,65,75)/b19-13+,36-15+/t38-,44+,45+,49+,50-,51+,55+,59+,60-/m1/s1. The molecular weight excluding hydrogens is 1190 g/mol. The van der Waals surface area contributed by atoms with E-state index in [1.807, 2.05) is 52.8 Å². The highest BCUT2D eigenvalue weighted by Crippen LogP contribution is 2.50. The predicted molar refractivity (Wildman–Crippen MR) is 318 cm³/mol. The third-order valence-electron chi connectivity index (χ3n) is 15.8. The Hall–Kier alpha value is -4.99. The number of primary amides is 1. The number of anilines is 2. The van der Waals surface area contributed by atoms with Crippen molar-refractivity contribution in [2.45, 2.75) is 173 Å². The number of esters is 1. The van der Waals surface area contributed by atoms with Crippen molar-refractivity contribution in [3.05, 3.63) is 81.9 Å². The lowest BCUT2D eigenvalue weighted by molar-refractivity contribution is -0.187. The molecule has 5 amide bonds. The number of hydrogen-bond acceptors (Lipinski definition) is 13. The predicted octanol–water partition coefficient (Wildman–Crippen LogP) is 9.51. The number of carbonyl (C=O) groups is 8. The zero-order valence-electron chi connectivity index (χ0n) is 47.9. The molecule has 18 nitrogen and oxygen atoms in total. The van der Waals surface area contributed by atoms with E-state index in [4.69, 9.17) is 36.3 Å². The molecule has 0 radical (unpaired) electrons. The van der Waals surface area contributed by atoms with Gasteiger partial charge in [-0.05, 0) is 93.7 Å². The Balaban J connectivity index is 1.28. The summed E-state index contributed by atoms with van der Waals surface area (Å²) in [5, 5.41) is 21.7. The third kappa shape index (κ3) is 19.3. The van der Waals surface area contributed by atoms with Gasteiger partial charge in [-0.3, -0.25) is 34.1 Å². The van der Waals surface area contributed by atoms with Crippen molar-refractivity contribution in [3.8, 4) is 0 Å². The number of hydrogen-bond donors (Lipinski definition) is 5. The summed E-state index contributed by atoms with van der Waals surface area (Å²) >= 11 is 13.6. The number of alkyl halides is 2. The molecule has 0 aromatic heterocycles. The number of amides is 5. The summed E-state index contributed by atoms with van der Waals surface area (Å²) in [6.45, 7) is 11.2. The highest BCUT2D eigenvalue weighted by molar-refractivity contribution is 9.09. The van der Waals surface area contributed by atoms with Crippen LogP contribution in [0.4, 0.5) is 21.0 Å². The number of aryl methyl sites for hydroxylation is 1. The molecule has 0 saturated carbocycles. The smallest absolute Gasteiger partial charge is 0.412 e. The number of nitrogens with one attached hydrogen (secondary N) is 3. The molecule has 5 rings (SSSR count). The van der Waals surface area contributed by atoms with E-state index in [-0.39, 0.29) is 74.3 Å². The van der Waals surface area contributed by atoms with Gasteiger partial charge in [0.25, 0.3) is 0 Å². The Bertz CT molecular complexity index is 2630. The largest absolute Gasteiger partial charge is 0.462 e. The molecule has 81 heavy (non-hydrogen) atoms. The number of allylic oxidation sites excluding steroid dienone is 3. The van der Waals surface area contributed by atoms with Crippen molar-refractivity contribution >= 4 is 102 Å². The van der Waals surface area contributed by atoms with Crippen LogP contribution in [0.25, 0.3) is 0 Å². The normalized spacial score (nSPS) is 24.9. The van der Waals surface area contributed by atoms with Crippen LogP contribution in [0.1, 0.15) is 128 Å². The Kier molecular flexibility index (Phi) is 25.6. The number of nitrogens with zero attached hydrogens (tertiary/aromatic N) is 1. The maximum absolute atomic E-state index is 14.4. The van der Waals surface area contributed by atoms with Crippen molar-refractivity contribution in [3.63, 3.8) is 0 Å². The minimum absolute atomic E-state index is 0.0128. The summed E-state index contributed by atoms with van der Waals surface area (Å²) in [4.78, 5) is 108. The van der Waals surface area contributed by atoms with Gasteiger partial charge in [-0.2, -0.15) is 0 Å². The summed E-state index contributed by atoms with van der Waals surface area (Å²) in [6.07, 6.45) is 5.03. The molecule has 2 aromatic rings. The van der Waals surface area contributed by atoms with E-state index in [0.717, 1.165) is 36.0 Å². The third-order valence-corrected chi connectivity index (χ3v) is 17.8. The number of benzene rings is 2. The monoisotopic (exact) mass is 1270 g/mol. The van der Waals surface area contributed by atoms with Crippen molar-refractivity contribution in [1.82, 2.24) is 10.6 Å². The number of ether oxygens (including phenoxy) is 4. The van der Waals surface area contributed by atoms with Crippen LogP contribution in [0.15, 0.2) is 60.2 Å². The average molecular weight is 1280 g/mol. The molecule has 4 bridgehead atoms. The number of rotatable bonds is 25. The Morgan fingerprint density at radius 1 is 0.975 bits per heavy atom. The number of halogens is 3. The van der Waals surface area contributed by atoms with Crippen LogP contribution >= 0.6 is 43.5 Å². The van der Waals surface area contributed by atoms with Gasteiger partial charge in [0.1, 0.15) is 41.1 Å². The van der Waals surface area contributed by atoms with Crippen LogP contribution in [0.3, 0.4) is 0 Å². The highest BCUT2D eigenvalue weighted by Gasteiger charge is 2.64. The minimum atomic E-state index is -1.62. The van der Waals surface area contributed by atoms with E-state index in [1.165, 1.54) is 12.0 Å². The van der Waals surface area contributed by atoms with Crippen LogP contribution in [-0.2, 0) is 60.6 Å². The van der Waals surface area contributed by atoms with Crippen LogP contribution < -0.4 is 26.6 Å². The van der Waals surface area contributed by atoms with Gasteiger partial charge in [0.2, 0.25) is 11.8 Å². The zero-order chi connectivity index (χ0) is 59.8. The fourth-order valence-corrected chi connectivity index (χ4v) is 12.7. The Labute approximate surface area is 498 Å². The Morgan fingerprint density at radius 2 is 1.65 bits per heavy atom. The number of unbranched alkanes of at least 4 members (excludes halogenated alkanes) is 3. The summed E-state index contributed by atoms with van der Waals surface area (Å²) in [5.41, 5.74) is 6.33. The van der Waals surface area contributed by atoms with E-state index in [2.05, 4.69) is 47.8 Å². The van der Waals surface area contributed by atoms with Gasteiger partial charge in [-0.25, -0.2) is 9.59 Å². The van der Waals surface area contributed by atoms with E-state index >= 15 is 0 Å². The van der Waals surface area contributed by atoms with Crippen molar-refractivity contribution in [2.75, 3.05) is 41.6 Å². The molecule has 0 spiro atoms. The second-order valence-corrected chi connectivity index (χ2v) is 24.2. The highest BCUT2D eigenvalue weighted by atomic mass is 79.9. The molecule has 9 atom stereocenters. The fourth-order valence-electron chi connectivity index (χ4n) is 10.7. The van der Waals surface area contributed by atoms with E-state index in [9.17, 15) is 43.5 Å². The molecule has 0 aliphatic carbocycles. The average Bonchev–Trinajstić information content (AvgIpc) is 4.22. The molecule has 0 unspecified atom stereocenters. The van der Waals surface area contributed by atoms with Gasteiger partial charge in [-0.15, -0.1) is 0 Å². The lowest BCUT2D eigenvalue weighted by atomic mass is 9.78. The molecule has 21 heteroatoms. The first-order valence-electron chi connectivity index (χ1n) is 27.9. The lowest BCUT2D eigenvalue weighted by Crippen LogP contribution is -2.53. The van der Waals surface area contributed by atoms with E-state index < -0.39 is 83.4 Å². The Morgan fingerprint density at radius 3 is 2.30 bits per heavy atom. The number of Topliss-reactive ketones (excluding diaryl/α,β-unsaturated/α-hetero) is 3. The summed E-state index contributed by atoms with van der Waals surface area (Å²) in [7, 11) is 3.06. The summed E-state index contributed by atoms with van der Waals surface area (Å²) in [5.74, 6) is -3.13. The minimum Gasteiger partial charge on any atom is -0.462 e. The van der Waals surface area contributed by atoms with Gasteiger partial charge >= 0.3 is 18.1 Å². The fraction of sp³-hybridized carbons (Fsp3) is 0.600. The first-order chi connectivity index (χ1) is 38.3. The van der Waals surface area contributed by atoms with Crippen LogP contribution in [-0.4, -0.2) is 125 Å². The molecule has 2 saturated heterocycles. The number of urea groups is 1. The van der Waals surface area contributed by atoms with Crippen molar-refractivity contribution in [1.29, 1.82) is 0 Å². The van der Waals surface area contributed by atoms with Gasteiger partial charge in [-0.1, -0.05) is 119 Å². The number of methoxy groups -OCH3 is 1. The van der Waals surface area contributed by atoms with Gasteiger partial charge in [0.15, 0.2) is 5.78 Å².